The topological polar surface area (TPSA) is 90.7 Å². The van der Waals surface area contributed by atoms with E-state index in [1.807, 2.05) is 18.2 Å². The van der Waals surface area contributed by atoms with E-state index in [9.17, 15) is 14.9 Å². The Morgan fingerprint density at radius 2 is 1.88 bits per heavy atom. The molecule has 0 bridgehead atoms. The Bertz CT molecular complexity index is 748. The summed E-state index contributed by atoms with van der Waals surface area (Å²) in [6.45, 7) is 1.93. The lowest BCUT2D eigenvalue weighted by atomic mass is 10.1. The maximum absolute atomic E-state index is 12.3. The van der Waals surface area contributed by atoms with E-state index in [0.29, 0.717) is 24.0 Å². The number of benzene rings is 2. The van der Waals surface area contributed by atoms with E-state index in [1.54, 1.807) is 30.9 Å². The van der Waals surface area contributed by atoms with Crippen LogP contribution in [0.5, 0.6) is 0 Å². The van der Waals surface area contributed by atoms with Gasteiger partial charge in [0.05, 0.1) is 17.6 Å². The molecular formula is C19H19N2O5+. The van der Waals surface area contributed by atoms with Crippen LogP contribution < -0.4 is 5.32 Å². The van der Waals surface area contributed by atoms with Gasteiger partial charge in [0.1, 0.15) is 6.42 Å². The largest absolute Gasteiger partial charge is 0.347 e. The predicted octanol–water partition coefficient (Wildman–Crippen LogP) is 3.38. The second-order valence-electron chi connectivity index (χ2n) is 5.93. The summed E-state index contributed by atoms with van der Waals surface area (Å²) in [4.78, 5) is 22.6. The van der Waals surface area contributed by atoms with Crippen LogP contribution in [-0.4, -0.2) is 23.5 Å². The lowest BCUT2D eigenvalue weighted by Crippen LogP contribution is -2.39. The van der Waals surface area contributed by atoms with Crippen molar-refractivity contribution in [2.75, 3.05) is 6.61 Å². The quantitative estimate of drug-likeness (QED) is 0.516. The minimum absolute atomic E-state index is 0.0107. The Labute approximate surface area is 151 Å². The minimum atomic E-state index is -0.660. The first kappa shape index (κ1) is 17.9. The molecule has 0 aliphatic carbocycles. The van der Waals surface area contributed by atoms with E-state index in [4.69, 9.17) is 9.47 Å². The molecule has 26 heavy (non-hydrogen) atoms. The molecule has 1 N–H and O–H groups in total. The number of carbonyl (C=O) groups excluding carboxylic acids is 1. The second kappa shape index (κ2) is 8.46. The van der Waals surface area contributed by atoms with Crippen LogP contribution in [0, 0.1) is 16.7 Å². The van der Waals surface area contributed by atoms with Crippen LogP contribution in [0.1, 0.15) is 35.1 Å². The molecule has 0 aromatic heterocycles. The zero-order valence-corrected chi connectivity index (χ0v) is 14.0. The van der Waals surface area contributed by atoms with Crippen molar-refractivity contribution in [2.45, 2.75) is 25.2 Å². The summed E-state index contributed by atoms with van der Waals surface area (Å²) in [6.07, 6.45) is 0.699. The van der Waals surface area contributed by atoms with Gasteiger partial charge in [0.2, 0.25) is 12.9 Å². The maximum atomic E-state index is 12.3. The fraction of sp³-hybridized carbons (Fsp3) is 0.263. The molecular weight excluding hydrogens is 336 g/mol. The van der Waals surface area contributed by atoms with Gasteiger partial charge in [0.25, 0.3) is 11.6 Å². The SMILES string of the molecule is O=C(N[C@@H]1CC[CH+]O[C@H](c2ccc([N+](=O)[O-])cc2)OC1)c1ccccc1. The molecule has 1 saturated heterocycles. The van der Waals surface area contributed by atoms with Crippen LogP contribution in [0.3, 0.4) is 0 Å². The third-order valence-electron chi connectivity index (χ3n) is 4.05. The van der Waals surface area contributed by atoms with Crippen LogP contribution in [0.15, 0.2) is 54.6 Å². The molecule has 2 atom stereocenters. The summed E-state index contributed by atoms with van der Waals surface area (Å²) in [7, 11) is 0. The van der Waals surface area contributed by atoms with Crippen LogP contribution in [0.4, 0.5) is 5.69 Å². The molecule has 7 nitrogen and oxygen atoms in total. The lowest BCUT2D eigenvalue weighted by molar-refractivity contribution is -0.384. The summed E-state index contributed by atoms with van der Waals surface area (Å²) in [5, 5.41) is 13.7. The summed E-state index contributed by atoms with van der Waals surface area (Å²) < 4.78 is 11.4. The van der Waals surface area contributed by atoms with Crippen molar-refractivity contribution < 1.29 is 19.2 Å². The normalized spacial score (nSPS) is 20.3. The summed E-state index contributed by atoms with van der Waals surface area (Å²) in [5.41, 5.74) is 1.29. The highest BCUT2D eigenvalue weighted by Crippen LogP contribution is 2.25. The number of nitrogens with one attached hydrogen (secondary N) is 1. The zero-order chi connectivity index (χ0) is 18.4. The molecule has 1 heterocycles. The van der Waals surface area contributed by atoms with Gasteiger partial charge in [-0.1, -0.05) is 18.2 Å². The molecule has 3 rings (SSSR count). The van der Waals surface area contributed by atoms with Crippen LogP contribution in [0.2, 0.25) is 0 Å². The number of carbonyl (C=O) groups is 1. The van der Waals surface area contributed by atoms with Crippen molar-refractivity contribution in [3.8, 4) is 0 Å². The Morgan fingerprint density at radius 3 is 2.58 bits per heavy atom. The van der Waals surface area contributed by atoms with E-state index < -0.39 is 11.2 Å². The maximum Gasteiger partial charge on any atom is 0.269 e. The third kappa shape index (κ3) is 4.59. The number of non-ortho nitro benzene ring substituents is 1. The highest BCUT2D eigenvalue weighted by Gasteiger charge is 2.26. The lowest BCUT2D eigenvalue weighted by Gasteiger charge is -2.23. The molecule has 2 aromatic rings. The van der Waals surface area contributed by atoms with Gasteiger partial charge in [-0.25, -0.2) is 0 Å². The Hall–Kier alpha value is -2.90. The molecule has 2 aromatic carbocycles. The Kier molecular flexibility index (Phi) is 5.83. The number of amides is 1. The third-order valence-corrected chi connectivity index (χ3v) is 4.05. The molecule has 1 aliphatic rings. The molecule has 1 amide bonds. The second-order valence-corrected chi connectivity index (χ2v) is 5.93. The highest BCUT2D eigenvalue weighted by molar-refractivity contribution is 5.94. The molecule has 134 valence electrons. The number of nitrogens with zero attached hydrogens (tertiary/aromatic N) is 1. The average Bonchev–Trinajstić information content (AvgIpc) is 2.65. The number of nitro benzene ring substituents is 1. The van der Waals surface area contributed by atoms with E-state index >= 15 is 0 Å². The van der Waals surface area contributed by atoms with Crippen molar-refractivity contribution in [1.82, 2.24) is 5.32 Å². The van der Waals surface area contributed by atoms with Gasteiger partial charge in [-0.2, -0.15) is 4.74 Å². The van der Waals surface area contributed by atoms with Gasteiger partial charge in [0, 0.05) is 29.7 Å². The zero-order valence-electron chi connectivity index (χ0n) is 14.0. The van der Waals surface area contributed by atoms with Gasteiger partial charge >= 0.3 is 0 Å². The Morgan fingerprint density at radius 1 is 1.15 bits per heavy atom. The van der Waals surface area contributed by atoms with Gasteiger partial charge in [-0.05, 0) is 24.3 Å². The Balaban J connectivity index is 1.61. The monoisotopic (exact) mass is 355 g/mol. The van der Waals surface area contributed by atoms with Gasteiger partial charge in [-0.15, -0.1) is 0 Å². The molecule has 0 radical (unpaired) electrons. The number of nitro groups is 1. The first-order valence-electron chi connectivity index (χ1n) is 8.32. The number of rotatable bonds is 4. The molecule has 0 saturated carbocycles. The fourth-order valence-electron chi connectivity index (χ4n) is 2.65. The van der Waals surface area contributed by atoms with Gasteiger partial charge in [-0.3, -0.25) is 14.9 Å². The van der Waals surface area contributed by atoms with Crippen molar-refractivity contribution in [2.24, 2.45) is 0 Å². The van der Waals surface area contributed by atoms with Crippen molar-refractivity contribution in [3.05, 3.63) is 82.4 Å². The number of hydrogen-bond donors (Lipinski definition) is 1. The molecule has 0 spiro atoms. The van der Waals surface area contributed by atoms with Crippen LogP contribution in [-0.2, 0) is 9.47 Å². The summed E-state index contributed by atoms with van der Waals surface area (Å²) in [6, 6.07) is 14.9. The van der Waals surface area contributed by atoms with Crippen LogP contribution in [0.25, 0.3) is 0 Å². The average molecular weight is 355 g/mol. The van der Waals surface area contributed by atoms with Crippen LogP contribution >= 0.6 is 0 Å². The van der Waals surface area contributed by atoms with Gasteiger partial charge in [0.15, 0.2) is 0 Å². The minimum Gasteiger partial charge on any atom is -0.347 e. The fourth-order valence-corrected chi connectivity index (χ4v) is 2.65. The molecule has 1 aliphatic heterocycles. The van der Waals surface area contributed by atoms with Crippen molar-refractivity contribution in [3.63, 3.8) is 0 Å². The summed E-state index contributed by atoms with van der Waals surface area (Å²) >= 11 is 0. The first-order valence-corrected chi connectivity index (χ1v) is 8.32. The smallest absolute Gasteiger partial charge is 0.269 e. The van der Waals surface area contributed by atoms with E-state index in [1.165, 1.54) is 12.1 Å². The molecule has 0 unspecified atom stereocenters. The highest BCUT2D eigenvalue weighted by atomic mass is 16.7. The first-order chi connectivity index (χ1) is 12.6. The predicted molar refractivity (Wildman–Crippen MR) is 94.1 cm³/mol. The number of ether oxygens (including phenoxy) is 2. The van der Waals surface area contributed by atoms with E-state index in [-0.39, 0.29) is 24.2 Å². The van der Waals surface area contributed by atoms with Crippen molar-refractivity contribution >= 4 is 11.6 Å². The van der Waals surface area contributed by atoms with E-state index in [0.717, 1.165) is 0 Å². The van der Waals surface area contributed by atoms with Gasteiger partial charge < -0.3 is 10.1 Å². The summed E-state index contributed by atoms with van der Waals surface area (Å²) in [5.74, 6) is -0.146. The van der Waals surface area contributed by atoms with E-state index in [2.05, 4.69) is 5.32 Å². The molecule has 7 heteroatoms. The molecule has 1 fully saturated rings. The van der Waals surface area contributed by atoms with Crippen molar-refractivity contribution in [1.29, 1.82) is 0 Å². The number of hydrogen-bond acceptors (Lipinski definition) is 5. The standard InChI is InChI=1S/C19H18N2O5/c22-18(14-5-2-1-3-6-14)20-16-7-4-12-25-19(26-13-16)15-8-10-17(11-9-15)21(23)24/h1-3,5-6,8-12,16,19H,4,7,13H2/p+1/t16-,19+/m1/s1.